The molecule has 1 unspecified atom stereocenters. The highest BCUT2D eigenvalue weighted by atomic mass is 16.2. The first-order valence-electron chi connectivity index (χ1n) is 5.77. The van der Waals surface area contributed by atoms with E-state index in [9.17, 15) is 9.59 Å². The van der Waals surface area contributed by atoms with Gasteiger partial charge in [0, 0.05) is 6.04 Å². The lowest BCUT2D eigenvalue weighted by molar-refractivity contribution is -0.142. The minimum atomic E-state index is -0.0792. The summed E-state index contributed by atoms with van der Waals surface area (Å²) in [5.74, 6) is -0.0856. The van der Waals surface area contributed by atoms with Crippen LogP contribution >= 0.6 is 0 Å². The van der Waals surface area contributed by atoms with Gasteiger partial charge < -0.3 is 10.2 Å². The van der Waals surface area contributed by atoms with Gasteiger partial charge in [-0.25, -0.2) is 0 Å². The predicted molar refractivity (Wildman–Crippen MR) is 64.3 cm³/mol. The van der Waals surface area contributed by atoms with Crippen LogP contribution in [-0.2, 0) is 16.0 Å². The fourth-order valence-electron chi connectivity index (χ4n) is 2.04. The van der Waals surface area contributed by atoms with Crippen molar-refractivity contribution in [1.29, 1.82) is 0 Å². The predicted octanol–water partition coefficient (Wildman–Crippen LogP) is 0.576. The summed E-state index contributed by atoms with van der Waals surface area (Å²) in [4.78, 5) is 24.6. The average molecular weight is 232 g/mol. The van der Waals surface area contributed by atoms with E-state index < -0.39 is 0 Å². The zero-order valence-corrected chi connectivity index (χ0v) is 9.85. The molecule has 1 aromatic rings. The Balaban J connectivity index is 2.01. The Morgan fingerprint density at radius 1 is 1.29 bits per heavy atom. The third-order valence-corrected chi connectivity index (χ3v) is 2.98. The molecule has 1 fully saturated rings. The molecule has 1 aromatic carbocycles. The minimum Gasteiger partial charge on any atom is -0.345 e. The lowest BCUT2D eigenvalue weighted by Gasteiger charge is -2.32. The van der Waals surface area contributed by atoms with Gasteiger partial charge in [0.1, 0.15) is 0 Å². The molecular weight excluding hydrogens is 216 g/mol. The topological polar surface area (TPSA) is 49.4 Å². The molecule has 0 aliphatic carbocycles. The lowest BCUT2D eigenvalue weighted by atomic mass is 10.1. The van der Waals surface area contributed by atoms with E-state index in [1.54, 1.807) is 4.90 Å². The Labute approximate surface area is 101 Å². The Morgan fingerprint density at radius 3 is 2.71 bits per heavy atom. The van der Waals surface area contributed by atoms with Crippen LogP contribution in [0.15, 0.2) is 30.3 Å². The highest BCUT2D eigenvalue weighted by Crippen LogP contribution is 2.10. The minimum absolute atomic E-state index is 0.00645. The van der Waals surface area contributed by atoms with Crippen LogP contribution in [0.3, 0.4) is 0 Å². The number of piperazine rings is 1. The molecule has 0 bridgehead atoms. The number of amides is 2. The van der Waals surface area contributed by atoms with Crippen molar-refractivity contribution < 1.29 is 9.59 Å². The SMILES string of the molecule is CC(Cc1ccccc1)N1CC(=O)NCC1=O. The summed E-state index contributed by atoms with van der Waals surface area (Å²) in [7, 11) is 0. The van der Waals surface area contributed by atoms with Gasteiger partial charge in [-0.3, -0.25) is 9.59 Å². The van der Waals surface area contributed by atoms with Crippen molar-refractivity contribution >= 4 is 11.8 Å². The zero-order chi connectivity index (χ0) is 12.3. The monoisotopic (exact) mass is 232 g/mol. The molecule has 0 aromatic heterocycles. The van der Waals surface area contributed by atoms with Gasteiger partial charge in [0.05, 0.1) is 13.1 Å². The van der Waals surface area contributed by atoms with E-state index in [1.807, 2.05) is 37.3 Å². The van der Waals surface area contributed by atoms with Crippen LogP contribution in [0.5, 0.6) is 0 Å². The third-order valence-electron chi connectivity index (χ3n) is 2.98. The number of hydrogen-bond donors (Lipinski definition) is 1. The standard InChI is InChI=1S/C13H16N2O2/c1-10(7-11-5-3-2-4-6-11)15-9-12(16)14-8-13(15)17/h2-6,10H,7-9H2,1H3,(H,14,16). The molecule has 4 nitrogen and oxygen atoms in total. The van der Waals surface area contributed by atoms with Gasteiger partial charge in [0.15, 0.2) is 0 Å². The average Bonchev–Trinajstić information content (AvgIpc) is 2.33. The summed E-state index contributed by atoms with van der Waals surface area (Å²) in [6.07, 6.45) is 0.778. The van der Waals surface area contributed by atoms with Crippen LogP contribution in [0.25, 0.3) is 0 Å². The van der Waals surface area contributed by atoms with Gasteiger partial charge in [0.2, 0.25) is 11.8 Å². The molecular formula is C13H16N2O2. The fraction of sp³-hybridized carbons (Fsp3) is 0.385. The number of nitrogens with one attached hydrogen (secondary N) is 1. The van der Waals surface area contributed by atoms with E-state index in [4.69, 9.17) is 0 Å². The molecule has 2 amide bonds. The molecule has 1 aliphatic heterocycles. The first kappa shape index (κ1) is 11.6. The van der Waals surface area contributed by atoms with Gasteiger partial charge >= 0.3 is 0 Å². The molecule has 0 spiro atoms. The number of benzene rings is 1. The van der Waals surface area contributed by atoms with Crippen LogP contribution in [0.1, 0.15) is 12.5 Å². The Hall–Kier alpha value is -1.84. The largest absolute Gasteiger partial charge is 0.345 e. The molecule has 17 heavy (non-hydrogen) atoms. The number of carbonyl (C=O) groups excluding carboxylic acids is 2. The molecule has 1 atom stereocenters. The Kier molecular flexibility index (Phi) is 3.42. The molecule has 1 heterocycles. The first-order chi connectivity index (χ1) is 8.16. The lowest BCUT2D eigenvalue weighted by Crippen LogP contribution is -2.55. The Bertz CT molecular complexity index is 417. The molecule has 1 aliphatic rings. The van der Waals surface area contributed by atoms with Gasteiger partial charge in [-0.15, -0.1) is 0 Å². The number of carbonyl (C=O) groups is 2. The second-order valence-electron chi connectivity index (χ2n) is 4.34. The molecule has 90 valence electrons. The van der Waals surface area contributed by atoms with Gasteiger partial charge in [-0.2, -0.15) is 0 Å². The summed E-state index contributed by atoms with van der Waals surface area (Å²) < 4.78 is 0. The van der Waals surface area contributed by atoms with Crippen LogP contribution < -0.4 is 5.32 Å². The van der Waals surface area contributed by atoms with Crippen molar-refractivity contribution in [3.05, 3.63) is 35.9 Å². The highest BCUT2D eigenvalue weighted by Gasteiger charge is 2.26. The molecule has 0 radical (unpaired) electrons. The van der Waals surface area contributed by atoms with Crippen LogP contribution in [0.4, 0.5) is 0 Å². The maximum atomic E-state index is 11.7. The van der Waals surface area contributed by atoms with E-state index in [-0.39, 0.29) is 30.9 Å². The summed E-state index contributed by atoms with van der Waals surface area (Å²) in [5.41, 5.74) is 1.18. The number of nitrogens with zero attached hydrogens (tertiary/aromatic N) is 1. The normalized spacial score (nSPS) is 17.8. The summed E-state index contributed by atoms with van der Waals surface area (Å²) in [5, 5.41) is 2.55. The van der Waals surface area contributed by atoms with Crippen molar-refractivity contribution in [2.24, 2.45) is 0 Å². The second kappa shape index (κ2) is 4.99. The summed E-state index contributed by atoms with van der Waals surface area (Å²) in [6, 6.07) is 10.0. The zero-order valence-electron chi connectivity index (χ0n) is 9.85. The van der Waals surface area contributed by atoms with E-state index in [2.05, 4.69) is 5.32 Å². The van der Waals surface area contributed by atoms with Gasteiger partial charge in [-0.1, -0.05) is 30.3 Å². The smallest absolute Gasteiger partial charge is 0.242 e. The van der Waals surface area contributed by atoms with Crippen LogP contribution in [0, 0.1) is 0 Å². The van der Waals surface area contributed by atoms with E-state index in [0.717, 1.165) is 6.42 Å². The summed E-state index contributed by atoms with van der Waals surface area (Å²) >= 11 is 0. The first-order valence-corrected chi connectivity index (χ1v) is 5.77. The third kappa shape index (κ3) is 2.84. The van der Waals surface area contributed by atoms with E-state index in [1.165, 1.54) is 5.56 Å². The Morgan fingerprint density at radius 2 is 2.00 bits per heavy atom. The summed E-state index contributed by atoms with van der Waals surface area (Å²) in [6.45, 7) is 2.27. The van der Waals surface area contributed by atoms with E-state index in [0.29, 0.717) is 0 Å². The van der Waals surface area contributed by atoms with Gasteiger partial charge in [0.25, 0.3) is 0 Å². The van der Waals surface area contributed by atoms with Crippen LogP contribution in [-0.4, -0.2) is 35.8 Å². The van der Waals surface area contributed by atoms with Crippen molar-refractivity contribution in [1.82, 2.24) is 10.2 Å². The quantitative estimate of drug-likeness (QED) is 0.828. The van der Waals surface area contributed by atoms with Gasteiger partial charge in [-0.05, 0) is 18.9 Å². The second-order valence-corrected chi connectivity index (χ2v) is 4.34. The maximum absolute atomic E-state index is 11.7. The molecule has 1 saturated heterocycles. The maximum Gasteiger partial charge on any atom is 0.242 e. The van der Waals surface area contributed by atoms with Crippen molar-refractivity contribution in [2.45, 2.75) is 19.4 Å². The van der Waals surface area contributed by atoms with Crippen molar-refractivity contribution in [2.75, 3.05) is 13.1 Å². The molecule has 0 saturated carbocycles. The molecule has 4 heteroatoms. The van der Waals surface area contributed by atoms with Crippen molar-refractivity contribution in [3.63, 3.8) is 0 Å². The molecule has 2 rings (SSSR count). The number of rotatable bonds is 3. The number of hydrogen-bond acceptors (Lipinski definition) is 2. The molecule has 1 N–H and O–H groups in total. The highest BCUT2D eigenvalue weighted by molar-refractivity contribution is 5.92. The van der Waals surface area contributed by atoms with Crippen molar-refractivity contribution in [3.8, 4) is 0 Å². The fourth-order valence-corrected chi connectivity index (χ4v) is 2.04. The van der Waals surface area contributed by atoms with Crippen LogP contribution in [0.2, 0.25) is 0 Å². The van der Waals surface area contributed by atoms with E-state index >= 15 is 0 Å².